The first-order chi connectivity index (χ1) is 8.15. The third-order valence-corrected chi connectivity index (χ3v) is 2.92. The second-order valence-corrected chi connectivity index (χ2v) is 4.16. The number of aromatic nitrogens is 1. The van der Waals surface area contributed by atoms with Gasteiger partial charge in [-0.05, 0) is 19.1 Å². The third-order valence-electron chi connectivity index (χ3n) is 2.29. The number of hydrogen-bond donors (Lipinski definition) is 1. The second-order valence-electron chi connectivity index (χ2n) is 3.34. The SMILES string of the molecule is Cc1onc(-c2c(Cl)cccc2Cl)c1C=NO. The predicted molar refractivity (Wildman–Crippen MR) is 66.1 cm³/mol. The van der Waals surface area contributed by atoms with E-state index in [1.54, 1.807) is 25.1 Å². The summed E-state index contributed by atoms with van der Waals surface area (Å²) in [6, 6.07) is 5.14. The molecule has 0 aliphatic heterocycles. The van der Waals surface area contributed by atoms with Gasteiger partial charge in [-0.25, -0.2) is 0 Å². The van der Waals surface area contributed by atoms with Crippen molar-refractivity contribution in [1.29, 1.82) is 0 Å². The lowest BCUT2D eigenvalue weighted by molar-refractivity contribution is 0.321. The summed E-state index contributed by atoms with van der Waals surface area (Å²) in [6.45, 7) is 1.71. The van der Waals surface area contributed by atoms with Gasteiger partial charge in [0.2, 0.25) is 0 Å². The Morgan fingerprint density at radius 1 is 1.35 bits per heavy atom. The maximum Gasteiger partial charge on any atom is 0.143 e. The average molecular weight is 271 g/mol. The Labute approximate surface area is 107 Å². The minimum Gasteiger partial charge on any atom is -0.411 e. The van der Waals surface area contributed by atoms with E-state index in [-0.39, 0.29) is 0 Å². The molecule has 4 nitrogen and oxygen atoms in total. The number of benzene rings is 1. The van der Waals surface area contributed by atoms with E-state index >= 15 is 0 Å². The first-order valence-corrected chi connectivity index (χ1v) is 5.49. The molecule has 0 fully saturated rings. The lowest BCUT2D eigenvalue weighted by atomic mass is 10.1. The number of hydrogen-bond acceptors (Lipinski definition) is 4. The van der Waals surface area contributed by atoms with Crippen LogP contribution in [0, 0.1) is 6.92 Å². The molecule has 0 spiro atoms. The van der Waals surface area contributed by atoms with Gasteiger partial charge in [0.05, 0.1) is 21.8 Å². The summed E-state index contributed by atoms with van der Waals surface area (Å²) in [5.74, 6) is 0.522. The lowest BCUT2D eigenvalue weighted by Gasteiger charge is -2.03. The van der Waals surface area contributed by atoms with Crippen LogP contribution in [0.3, 0.4) is 0 Å². The number of nitrogens with zero attached hydrogens (tertiary/aromatic N) is 2. The Morgan fingerprint density at radius 3 is 2.59 bits per heavy atom. The van der Waals surface area contributed by atoms with E-state index in [4.69, 9.17) is 32.9 Å². The van der Waals surface area contributed by atoms with E-state index < -0.39 is 0 Å². The van der Waals surface area contributed by atoms with Crippen molar-refractivity contribution < 1.29 is 9.73 Å². The second kappa shape index (κ2) is 4.77. The summed E-state index contributed by atoms with van der Waals surface area (Å²) in [7, 11) is 0. The molecule has 1 aromatic heterocycles. The molecule has 17 heavy (non-hydrogen) atoms. The van der Waals surface area contributed by atoms with E-state index in [0.717, 1.165) is 0 Å². The molecule has 1 aromatic carbocycles. The van der Waals surface area contributed by atoms with Crippen LogP contribution in [0.2, 0.25) is 10.0 Å². The highest BCUT2D eigenvalue weighted by molar-refractivity contribution is 6.39. The maximum atomic E-state index is 8.61. The van der Waals surface area contributed by atoms with Gasteiger partial charge < -0.3 is 9.73 Å². The molecule has 0 radical (unpaired) electrons. The largest absolute Gasteiger partial charge is 0.411 e. The van der Waals surface area contributed by atoms with Gasteiger partial charge in [0.1, 0.15) is 11.5 Å². The van der Waals surface area contributed by atoms with Crippen LogP contribution in [-0.4, -0.2) is 16.6 Å². The van der Waals surface area contributed by atoms with Crippen molar-refractivity contribution in [2.45, 2.75) is 6.92 Å². The van der Waals surface area contributed by atoms with Crippen LogP contribution in [0.4, 0.5) is 0 Å². The Kier molecular flexibility index (Phi) is 3.36. The lowest BCUT2D eigenvalue weighted by Crippen LogP contribution is -1.89. The van der Waals surface area contributed by atoms with Crippen LogP contribution in [0.15, 0.2) is 27.9 Å². The van der Waals surface area contributed by atoms with E-state index in [9.17, 15) is 0 Å². The smallest absolute Gasteiger partial charge is 0.143 e. The van der Waals surface area contributed by atoms with Crippen molar-refractivity contribution in [2.75, 3.05) is 0 Å². The van der Waals surface area contributed by atoms with Crippen LogP contribution in [0.1, 0.15) is 11.3 Å². The van der Waals surface area contributed by atoms with Crippen molar-refractivity contribution in [3.05, 3.63) is 39.6 Å². The van der Waals surface area contributed by atoms with Crippen molar-refractivity contribution in [2.24, 2.45) is 5.16 Å². The first-order valence-electron chi connectivity index (χ1n) is 4.73. The molecule has 0 saturated carbocycles. The fraction of sp³-hybridized carbons (Fsp3) is 0.0909. The zero-order chi connectivity index (χ0) is 12.4. The van der Waals surface area contributed by atoms with Crippen molar-refractivity contribution in [3.63, 3.8) is 0 Å². The first kappa shape index (κ1) is 12.0. The molecule has 88 valence electrons. The van der Waals surface area contributed by atoms with Crippen LogP contribution in [0.25, 0.3) is 11.3 Å². The highest BCUT2D eigenvalue weighted by Crippen LogP contribution is 2.35. The van der Waals surface area contributed by atoms with Gasteiger partial charge in [-0.3, -0.25) is 0 Å². The highest BCUT2D eigenvalue weighted by Gasteiger charge is 2.18. The fourth-order valence-electron chi connectivity index (χ4n) is 1.49. The monoisotopic (exact) mass is 270 g/mol. The summed E-state index contributed by atoms with van der Waals surface area (Å²) < 4.78 is 5.04. The topological polar surface area (TPSA) is 58.6 Å². The molecule has 6 heteroatoms. The molecule has 2 rings (SSSR count). The van der Waals surface area contributed by atoms with Crippen molar-refractivity contribution >= 4 is 29.4 Å². The molecule has 0 aliphatic carbocycles. The highest BCUT2D eigenvalue weighted by atomic mass is 35.5. The van der Waals surface area contributed by atoms with Crippen LogP contribution >= 0.6 is 23.2 Å². The van der Waals surface area contributed by atoms with Gasteiger partial charge in [0.25, 0.3) is 0 Å². The number of rotatable bonds is 2. The van der Waals surface area contributed by atoms with Crippen LogP contribution < -0.4 is 0 Å². The molecule has 0 aliphatic rings. The van der Waals surface area contributed by atoms with Gasteiger partial charge in [-0.2, -0.15) is 0 Å². The van der Waals surface area contributed by atoms with E-state index in [0.29, 0.717) is 32.6 Å². The van der Waals surface area contributed by atoms with Gasteiger partial charge >= 0.3 is 0 Å². The molecule has 0 atom stereocenters. The summed E-state index contributed by atoms with van der Waals surface area (Å²) in [5, 5.41) is 16.4. The van der Waals surface area contributed by atoms with Gasteiger partial charge in [-0.15, -0.1) is 0 Å². The zero-order valence-electron chi connectivity index (χ0n) is 8.82. The quantitative estimate of drug-likeness (QED) is 0.514. The average Bonchev–Trinajstić information content (AvgIpc) is 2.62. The summed E-state index contributed by atoms with van der Waals surface area (Å²) in [6.07, 6.45) is 1.24. The van der Waals surface area contributed by atoms with Gasteiger partial charge in [0, 0.05) is 5.56 Å². The summed E-state index contributed by atoms with van der Waals surface area (Å²) in [4.78, 5) is 0. The third kappa shape index (κ3) is 2.14. The molecule has 0 saturated heterocycles. The van der Waals surface area contributed by atoms with E-state index in [1.165, 1.54) is 6.21 Å². The molecule has 0 unspecified atom stereocenters. The van der Waals surface area contributed by atoms with Gasteiger partial charge in [-0.1, -0.05) is 39.6 Å². The summed E-state index contributed by atoms with van der Waals surface area (Å²) >= 11 is 12.1. The predicted octanol–water partition coefficient (Wildman–Crippen LogP) is 3.76. The van der Waals surface area contributed by atoms with Crippen LogP contribution in [-0.2, 0) is 0 Å². The van der Waals surface area contributed by atoms with E-state index in [2.05, 4.69) is 10.3 Å². The maximum absolute atomic E-state index is 8.61. The van der Waals surface area contributed by atoms with E-state index in [1.807, 2.05) is 0 Å². The standard InChI is InChI=1S/C11H8Cl2N2O2/c1-6-7(5-14-16)11(15-17-6)10-8(12)3-2-4-9(10)13/h2-5,16H,1H3. The zero-order valence-corrected chi connectivity index (χ0v) is 10.3. The summed E-state index contributed by atoms with van der Waals surface area (Å²) in [5.41, 5.74) is 1.56. The number of oxime groups is 1. The van der Waals surface area contributed by atoms with Crippen LogP contribution in [0.5, 0.6) is 0 Å². The molecular weight excluding hydrogens is 263 g/mol. The van der Waals surface area contributed by atoms with Crippen molar-refractivity contribution in [3.8, 4) is 11.3 Å². The van der Waals surface area contributed by atoms with Gasteiger partial charge in [0.15, 0.2) is 0 Å². The van der Waals surface area contributed by atoms with Crippen molar-refractivity contribution in [1.82, 2.24) is 5.16 Å². The number of halogens is 2. The molecule has 0 bridgehead atoms. The minimum atomic E-state index is 0.455. The Balaban J connectivity index is 2.69. The number of aryl methyl sites for hydroxylation is 1. The Bertz CT molecular complexity index is 559. The Morgan fingerprint density at radius 2 is 2.00 bits per heavy atom. The molecular formula is C11H8Cl2N2O2. The Hall–Kier alpha value is -1.52. The molecule has 0 amide bonds. The normalized spacial score (nSPS) is 11.2. The molecule has 1 N–H and O–H groups in total. The molecule has 2 aromatic rings. The molecule has 1 heterocycles. The fourth-order valence-corrected chi connectivity index (χ4v) is 2.07. The minimum absolute atomic E-state index is 0.455.